The normalized spacial score (nSPS) is 13.9. The van der Waals surface area contributed by atoms with Crippen LogP contribution in [0.4, 0.5) is 5.82 Å². The zero-order chi connectivity index (χ0) is 22.8. The number of amides is 1. The van der Waals surface area contributed by atoms with Crippen molar-refractivity contribution < 1.29 is 9.53 Å². The van der Waals surface area contributed by atoms with Crippen molar-refractivity contribution in [3.8, 4) is 17.0 Å². The van der Waals surface area contributed by atoms with Gasteiger partial charge in [0.15, 0.2) is 0 Å². The lowest BCUT2D eigenvalue weighted by Gasteiger charge is -2.29. The number of carbonyl (C=O) groups excluding carboxylic acids is 1. The highest BCUT2D eigenvalue weighted by Gasteiger charge is 2.23. The lowest BCUT2D eigenvalue weighted by molar-refractivity contribution is -0.120. The number of rotatable bonds is 6. The maximum Gasteiger partial charge on any atom is 0.239 e. The summed E-state index contributed by atoms with van der Waals surface area (Å²) < 4.78 is 7.65. The number of piperazine rings is 1. The van der Waals surface area contributed by atoms with E-state index < -0.39 is 0 Å². The number of anilines is 1. The number of hydrogen-bond donors (Lipinski definition) is 1. The van der Waals surface area contributed by atoms with Gasteiger partial charge in [-0.25, -0.2) is 15.0 Å². The van der Waals surface area contributed by atoms with Gasteiger partial charge in [0.05, 0.1) is 30.3 Å². The van der Waals surface area contributed by atoms with Crippen LogP contribution in [0.2, 0.25) is 0 Å². The Kier molecular flexibility index (Phi) is 5.64. The molecule has 1 aliphatic heterocycles. The molecule has 5 rings (SSSR count). The van der Waals surface area contributed by atoms with Gasteiger partial charge in [-0.1, -0.05) is 36.4 Å². The molecule has 1 N–H and O–H groups in total. The first-order chi connectivity index (χ1) is 16.1. The minimum absolute atomic E-state index is 0.00841. The van der Waals surface area contributed by atoms with Gasteiger partial charge in [0.2, 0.25) is 5.91 Å². The number of imidazole rings is 1. The maximum atomic E-state index is 12.1. The summed E-state index contributed by atoms with van der Waals surface area (Å²) in [5, 5.41) is 3.71. The van der Waals surface area contributed by atoms with Crippen molar-refractivity contribution in [3.05, 3.63) is 66.4 Å². The number of nitrogens with one attached hydrogen (secondary N) is 1. The molecule has 1 saturated heterocycles. The van der Waals surface area contributed by atoms with Gasteiger partial charge in [-0.2, -0.15) is 0 Å². The SMILES string of the molecule is COc1cccc2nc(CCc3nc(-c4ccccc4)cn3C)nc(N3CCNC(=O)C3)c12. The van der Waals surface area contributed by atoms with E-state index in [-0.39, 0.29) is 12.5 Å². The quantitative estimate of drug-likeness (QED) is 0.494. The van der Waals surface area contributed by atoms with Gasteiger partial charge in [0, 0.05) is 44.7 Å². The number of methoxy groups -OCH3 is 1. The van der Waals surface area contributed by atoms with E-state index in [0.717, 1.165) is 39.6 Å². The molecule has 168 valence electrons. The molecule has 0 atom stereocenters. The van der Waals surface area contributed by atoms with Crippen molar-refractivity contribution in [2.45, 2.75) is 12.8 Å². The molecule has 3 heterocycles. The molecule has 0 spiro atoms. The van der Waals surface area contributed by atoms with E-state index in [1.54, 1.807) is 7.11 Å². The van der Waals surface area contributed by atoms with Crippen LogP contribution >= 0.6 is 0 Å². The summed E-state index contributed by atoms with van der Waals surface area (Å²) in [5.41, 5.74) is 2.86. The van der Waals surface area contributed by atoms with E-state index in [9.17, 15) is 4.79 Å². The van der Waals surface area contributed by atoms with Crippen LogP contribution in [0.1, 0.15) is 11.6 Å². The first kappa shape index (κ1) is 20.9. The van der Waals surface area contributed by atoms with Gasteiger partial charge in [-0.15, -0.1) is 0 Å². The summed E-state index contributed by atoms with van der Waals surface area (Å²) >= 11 is 0. The molecule has 0 radical (unpaired) electrons. The van der Waals surface area contributed by atoms with Crippen molar-refractivity contribution in [3.63, 3.8) is 0 Å². The molecule has 1 aliphatic rings. The van der Waals surface area contributed by atoms with Crippen molar-refractivity contribution in [2.24, 2.45) is 7.05 Å². The van der Waals surface area contributed by atoms with Gasteiger partial charge < -0.3 is 19.5 Å². The minimum atomic E-state index is -0.00841. The minimum Gasteiger partial charge on any atom is -0.496 e. The highest BCUT2D eigenvalue weighted by atomic mass is 16.5. The first-order valence-corrected chi connectivity index (χ1v) is 11.1. The molecular weight excluding hydrogens is 416 g/mol. The number of hydrogen-bond acceptors (Lipinski definition) is 6. The van der Waals surface area contributed by atoms with Crippen molar-refractivity contribution in [1.82, 2.24) is 24.8 Å². The van der Waals surface area contributed by atoms with E-state index in [4.69, 9.17) is 19.7 Å². The second-order valence-corrected chi connectivity index (χ2v) is 8.11. The molecule has 33 heavy (non-hydrogen) atoms. The number of benzene rings is 2. The topological polar surface area (TPSA) is 85.2 Å². The molecule has 1 amide bonds. The molecule has 2 aromatic carbocycles. The van der Waals surface area contributed by atoms with Gasteiger partial charge >= 0.3 is 0 Å². The number of carbonyl (C=O) groups is 1. The Hall–Kier alpha value is -3.94. The second kappa shape index (κ2) is 8.90. The van der Waals surface area contributed by atoms with Crippen LogP contribution in [-0.2, 0) is 24.7 Å². The average Bonchev–Trinajstić information content (AvgIpc) is 3.22. The summed E-state index contributed by atoms with van der Waals surface area (Å²) in [5.74, 6) is 3.14. The first-order valence-electron chi connectivity index (χ1n) is 11.1. The van der Waals surface area contributed by atoms with Gasteiger partial charge in [0.25, 0.3) is 0 Å². The summed E-state index contributed by atoms with van der Waals surface area (Å²) in [6.45, 7) is 1.54. The van der Waals surface area contributed by atoms with E-state index in [1.165, 1.54) is 0 Å². The number of nitrogens with zero attached hydrogens (tertiary/aromatic N) is 5. The third kappa shape index (κ3) is 4.24. The van der Waals surface area contributed by atoms with Crippen molar-refractivity contribution in [2.75, 3.05) is 31.6 Å². The number of ether oxygens (including phenoxy) is 1. The number of fused-ring (bicyclic) bond motifs is 1. The van der Waals surface area contributed by atoms with Gasteiger partial charge in [-0.3, -0.25) is 4.79 Å². The van der Waals surface area contributed by atoms with Crippen LogP contribution in [0.15, 0.2) is 54.7 Å². The standard InChI is InChI=1S/C25H26N6O2/c1-30-15-19(17-7-4-3-5-8-17)28-22(30)12-11-21-27-18-9-6-10-20(33-2)24(18)25(29-21)31-14-13-26-23(32)16-31/h3-10,15H,11-14,16H2,1-2H3,(H,26,32). The molecule has 1 fully saturated rings. The summed E-state index contributed by atoms with van der Waals surface area (Å²) in [7, 11) is 3.65. The van der Waals surface area contributed by atoms with Crippen LogP contribution in [0.25, 0.3) is 22.2 Å². The monoisotopic (exact) mass is 442 g/mol. The Balaban J connectivity index is 1.47. The third-order valence-electron chi connectivity index (χ3n) is 5.88. The van der Waals surface area contributed by atoms with Crippen LogP contribution < -0.4 is 15.0 Å². The van der Waals surface area contributed by atoms with Crippen molar-refractivity contribution >= 4 is 22.6 Å². The Bertz CT molecular complexity index is 1300. The van der Waals surface area contributed by atoms with Crippen LogP contribution in [-0.4, -0.2) is 52.2 Å². The lowest BCUT2D eigenvalue weighted by Crippen LogP contribution is -2.48. The number of aromatic nitrogens is 4. The van der Waals surface area contributed by atoms with E-state index in [2.05, 4.69) is 28.2 Å². The molecule has 2 aromatic heterocycles. The third-order valence-corrected chi connectivity index (χ3v) is 5.88. The molecule has 0 unspecified atom stereocenters. The molecular formula is C25H26N6O2. The Labute approximate surface area is 192 Å². The second-order valence-electron chi connectivity index (χ2n) is 8.11. The van der Waals surface area contributed by atoms with Gasteiger partial charge in [0.1, 0.15) is 23.2 Å². The van der Waals surface area contributed by atoms with E-state index >= 15 is 0 Å². The predicted octanol–water partition coefficient (Wildman–Crippen LogP) is 2.76. The van der Waals surface area contributed by atoms with Crippen LogP contribution in [0.5, 0.6) is 5.75 Å². The fourth-order valence-corrected chi connectivity index (χ4v) is 4.22. The molecule has 8 heteroatoms. The molecule has 0 bridgehead atoms. The Morgan fingerprint density at radius 1 is 1.03 bits per heavy atom. The Morgan fingerprint density at radius 2 is 1.88 bits per heavy atom. The highest BCUT2D eigenvalue weighted by Crippen LogP contribution is 2.33. The molecule has 0 aliphatic carbocycles. The zero-order valence-electron chi connectivity index (χ0n) is 18.8. The fraction of sp³-hybridized carbons (Fsp3) is 0.280. The summed E-state index contributed by atoms with van der Waals surface area (Å²) in [6.07, 6.45) is 3.40. The van der Waals surface area contributed by atoms with Crippen LogP contribution in [0.3, 0.4) is 0 Å². The van der Waals surface area contributed by atoms with Gasteiger partial charge in [-0.05, 0) is 12.1 Å². The predicted molar refractivity (Wildman–Crippen MR) is 127 cm³/mol. The number of aryl methyl sites for hydroxylation is 3. The lowest BCUT2D eigenvalue weighted by atomic mass is 10.1. The van der Waals surface area contributed by atoms with E-state index in [0.29, 0.717) is 31.7 Å². The molecule has 4 aromatic rings. The maximum absolute atomic E-state index is 12.1. The molecule has 0 saturated carbocycles. The average molecular weight is 443 g/mol. The largest absolute Gasteiger partial charge is 0.496 e. The smallest absolute Gasteiger partial charge is 0.239 e. The van der Waals surface area contributed by atoms with Crippen LogP contribution in [0, 0.1) is 0 Å². The Morgan fingerprint density at radius 3 is 2.67 bits per heavy atom. The summed E-state index contributed by atoms with van der Waals surface area (Å²) in [6, 6.07) is 16.0. The van der Waals surface area contributed by atoms with Crippen molar-refractivity contribution in [1.29, 1.82) is 0 Å². The zero-order valence-corrected chi connectivity index (χ0v) is 18.8. The molecule has 8 nitrogen and oxygen atoms in total. The fourth-order valence-electron chi connectivity index (χ4n) is 4.22. The van der Waals surface area contributed by atoms with E-state index in [1.807, 2.05) is 48.3 Å². The highest BCUT2D eigenvalue weighted by molar-refractivity contribution is 5.96. The summed E-state index contributed by atoms with van der Waals surface area (Å²) in [4.78, 5) is 28.6.